The molecular weight excluding hydrogens is 218 g/mol. The van der Waals surface area contributed by atoms with Crippen molar-refractivity contribution >= 4 is 23.4 Å². The van der Waals surface area contributed by atoms with E-state index in [-0.39, 0.29) is 0 Å². The highest BCUT2D eigenvalue weighted by Gasteiger charge is 2.04. The second-order valence-corrected chi connectivity index (χ2v) is 4.86. The molecule has 80 valence electrons. The number of aryl methyl sites for hydroxylation is 1. The summed E-state index contributed by atoms with van der Waals surface area (Å²) < 4.78 is 0. The second-order valence-electron chi connectivity index (χ2n) is 3.42. The molecule has 14 heavy (non-hydrogen) atoms. The molecule has 1 N–H and O–H groups in total. The molecular formula is C9H16ClN3S. The van der Waals surface area contributed by atoms with E-state index in [1.807, 2.05) is 6.92 Å². The molecule has 0 aliphatic rings. The van der Waals surface area contributed by atoms with Gasteiger partial charge in [0.05, 0.1) is 0 Å². The van der Waals surface area contributed by atoms with Gasteiger partial charge < -0.3 is 0 Å². The molecule has 0 saturated heterocycles. The molecule has 3 nitrogen and oxygen atoms in total. The van der Waals surface area contributed by atoms with E-state index >= 15 is 0 Å². The Morgan fingerprint density at radius 2 is 2.29 bits per heavy atom. The van der Waals surface area contributed by atoms with Gasteiger partial charge in [0.15, 0.2) is 0 Å². The van der Waals surface area contributed by atoms with Crippen LogP contribution in [-0.2, 0) is 0 Å². The van der Waals surface area contributed by atoms with Crippen LogP contribution in [0.1, 0.15) is 25.6 Å². The lowest BCUT2D eigenvalue weighted by Gasteiger charge is -2.06. The Bertz CT molecular complexity index is 264. The molecule has 0 bridgehead atoms. The molecule has 1 atom stereocenters. The third kappa shape index (κ3) is 4.33. The van der Waals surface area contributed by atoms with E-state index in [1.165, 1.54) is 6.42 Å². The van der Waals surface area contributed by atoms with Crippen LogP contribution in [0.4, 0.5) is 0 Å². The Morgan fingerprint density at radius 1 is 1.50 bits per heavy atom. The number of hydrogen-bond acceptors (Lipinski definition) is 3. The number of thioether (sulfide) groups is 1. The first-order valence-corrected chi connectivity index (χ1v) is 6.32. The number of aromatic nitrogens is 3. The van der Waals surface area contributed by atoms with Crippen molar-refractivity contribution in [3.63, 3.8) is 0 Å². The zero-order chi connectivity index (χ0) is 10.4. The smallest absolute Gasteiger partial charge is 0.208 e. The van der Waals surface area contributed by atoms with Gasteiger partial charge >= 0.3 is 0 Å². The Balaban J connectivity index is 2.15. The lowest BCUT2D eigenvalue weighted by atomic mass is 10.1. The molecule has 1 unspecified atom stereocenters. The minimum absolute atomic E-state index is 0.694. The van der Waals surface area contributed by atoms with Gasteiger partial charge in [-0.25, -0.2) is 4.98 Å². The Kier molecular flexibility index (Phi) is 5.33. The number of H-pyrrole nitrogens is 1. The molecule has 0 fully saturated rings. The van der Waals surface area contributed by atoms with Crippen molar-refractivity contribution in [3.8, 4) is 0 Å². The summed E-state index contributed by atoms with van der Waals surface area (Å²) in [6.07, 6.45) is 2.26. The highest BCUT2D eigenvalue weighted by atomic mass is 35.5. The summed E-state index contributed by atoms with van der Waals surface area (Å²) in [5.74, 6) is 3.39. The summed E-state index contributed by atoms with van der Waals surface area (Å²) in [6.45, 7) is 4.14. The third-order valence-electron chi connectivity index (χ3n) is 2.02. The summed E-state index contributed by atoms with van der Waals surface area (Å²) in [7, 11) is 0. The average molecular weight is 234 g/mol. The average Bonchev–Trinajstić information content (AvgIpc) is 2.52. The number of alkyl halides is 1. The van der Waals surface area contributed by atoms with E-state index in [4.69, 9.17) is 11.6 Å². The summed E-state index contributed by atoms with van der Waals surface area (Å²) >= 11 is 7.36. The third-order valence-corrected chi connectivity index (χ3v) is 3.12. The van der Waals surface area contributed by atoms with E-state index in [9.17, 15) is 0 Å². The van der Waals surface area contributed by atoms with Gasteiger partial charge in [0, 0.05) is 11.6 Å². The first kappa shape index (κ1) is 11.9. The molecule has 0 aliphatic heterocycles. The maximum atomic E-state index is 5.66. The Labute approximate surface area is 94.0 Å². The predicted molar refractivity (Wildman–Crippen MR) is 61.0 cm³/mol. The van der Waals surface area contributed by atoms with Crippen molar-refractivity contribution in [3.05, 3.63) is 5.82 Å². The first-order valence-electron chi connectivity index (χ1n) is 4.80. The van der Waals surface area contributed by atoms with Crippen LogP contribution in [0.25, 0.3) is 0 Å². The fraction of sp³-hybridized carbons (Fsp3) is 0.778. The van der Waals surface area contributed by atoms with Crippen LogP contribution in [-0.4, -0.2) is 26.8 Å². The highest BCUT2D eigenvalue weighted by Crippen LogP contribution is 2.17. The highest BCUT2D eigenvalue weighted by molar-refractivity contribution is 7.99. The Morgan fingerprint density at radius 3 is 2.86 bits per heavy atom. The minimum atomic E-state index is 0.694. The number of rotatable bonds is 6. The fourth-order valence-electron chi connectivity index (χ4n) is 1.07. The van der Waals surface area contributed by atoms with E-state index < -0.39 is 0 Å². The molecule has 0 radical (unpaired) electrons. The van der Waals surface area contributed by atoms with Crippen LogP contribution < -0.4 is 0 Å². The molecule has 0 saturated carbocycles. The number of nitrogens with one attached hydrogen (secondary N) is 1. The van der Waals surface area contributed by atoms with Gasteiger partial charge in [-0.3, -0.25) is 5.10 Å². The van der Waals surface area contributed by atoms with Gasteiger partial charge in [-0.05, 0) is 25.7 Å². The zero-order valence-electron chi connectivity index (χ0n) is 8.59. The van der Waals surface area contributed by atoms with E-state index in [0.29, 0.717) is 5.92 Å². The molecule has 0 aromatic carbocycles. The minimum Gasteiger partial charge on any atom is -0.262 e. The van der Waals surface area contributed by atoms with Crippen molar-refractivity contribution in [1.82, 2.24) is 15.2 Å². The van der Waals surface area contributed by atoms with Gasteiger partial charge in [0.1, 0.15) is 5.82 Å². The Hall–Kier alpha value is -0.220. The number of hydrogen-bond donors (Lipinski definition) is 1. The largest absolute Gasteiger partial charge is 0.262 e. The van der Waals surface area contributed by atoms with Crippen LogP contribution >= 0.6 is 23.4 Å². The molecule has 1 aromatic rings. The quantitative estimate of drug-likeness (QED) is 0.607. The monoisotopic (exact) mass is 233 g/mol. The van der Waals surface area contributed by atoms with Gasteiger partial charge in [0.2, 0.25) is 5.16 Å². The number of halogens is 1. The van der Waals surface area contributed by atoms with Crippen molar-refractivity contribution in [2.24, 2.45) is 5.92 Å². The van der Waals surface area contributed by atoms with Crippen molar-refractivity contribution < 1.29 is 0 Å². The summed E-state index contributed by atoms with van der Waals surface area (Å²) in [6, 6.07) is 0. The second kappa shape index (κ2) is 6.30. The van der Waals surface area contributed by atoms with E-state index in [0.717, 1.165) is 29.0 Å². The van der Waals surface area contributed by atoms with Gasteiger partial charge in [-0.2, -0.15) is 0 Å². The van der Waals surface area contributed by atoms with Gasteiger partial charge in [-0.1, -0.05) is 18.7 Å². The normalized spacial score (nSPS) is 13.1. The zero-order valence-corrected chi connectivity index (χ0v) is 10.2. The van der Waals surface area contributed by atoms with Gasteiger partial charge in [0.25, 0.3) is 0 Å². The van der Waals surface area contributed by atoms with Crippen LogP contribution in [0.5, 0.6) is 0 Å². The summed E-state index contributed by atoms with van der Waals surface area (Å²) in [4.78, 5) is 4.22. The molecule has 0 amide bonds. The lowest BCUT2D eigenvalue weighted by Crippen LogP contribution is -1.97. The van der Waals surface area contributed by atoms with Crippen LogP contribution in [0.3, 0.4) is 0 Å². The van der Waals surface area contributed by atoms with Crippen molar-refractivity contribution in [1.29, 1.82) is 0 Å². The van der Waals surface area contributed by atoms with Gasteiger partial charge in [-0.15, -0.1) is 16.7 Å². The SMILES string of the molecule is Cc1nc(SCCC(C)CCCl)n[nH]1. The summed E-state index contributed by atoms with van der Waals surface area (Å²) in [5, 5.41) is 7.74. The number of aromatic amines is 1. The molecule has 1 aromatic heterocycles. The van der Waals surface area contributed by atoms with Crippen molar-refractivity contribution in [2.45, 2.75) is 31.8 Å². The van der Waals surface area contributed by atoms with E-state index in [2.05, 4.69) is 22.1 Å². The summed E-state index contributed by atoms with van der Waals surface area (Å²) in [5.41, 5.74) is 0. The topological polar surface area (TPSA) is 41.6 Å². The van der Waals surface area contributed by atoms with Crippen LogP contribution in [0.15, 0.2) is 5.16 Å². The maximum Gasteiger partial charge on any atom is 0.208 e. The standard InChI is InChI=1S/C9H16ClN3S/c1-7(3-5-10)4-6-14-9-11-8(2)12-13-9/h7H,3-6H2,1-2H3,(H,11,12,13). The molecule has 1 rings (SSSR count). The molecule has 0 aliphatic carbocycles. The molecule has 5 heteroatoms. The molecule has 0 spiro atoms. The number of nitrogens with zero attached hydrogens (tertiary/aromatic N) is 2. The van der Waals surface area contributed by atoms with E-state index in [1.54, 1.807) is 11.8 Å². The van der Waals surface area contributed by atoms with Crippen LogP contribution in [0, 0.1) is 12.8 Å². The van der Waals surface area contributed by atoms with Crippen molar-refractivity contribution in [2.75, 3.05) is 11.6 Å². The predicted octanol–water partition coefficient (Wildman–Crippen LogP) is 2.86. The molecule has 1 heterocycles. The lowest BCUT2D eigenvalue weighted by molar-refractivity contribution is 0.551. The fourth-order valence-corrected chi connectivity index (χ4v) is 2.46. The first-order chi connectivity index (χ1) is 6.72. The van der Waals surface area contributed by atoms with Crippen LogP contribution in [0.2, 0.25) is 0 Å². The maximum absolute atomic E-state index is 5.66.